The SMILES string of the molecule is C=CCC(O)Cc1cc(F)ccc1F. The minimum atomic E-state index is -0.705. The van der Waals surface area contributed by atoms with E-state index in [-0.39, 0.29) is 12.0 Å². The predicted octanol–water partition coefficient (Wildman–Crippen LogP) is 2.44. The van der Waals surface area contributed by atoms with Gasteiger partial charge in [-0.2, -0.15) is 0 Å². The van der Waals surface area contributed by atoms with Crippen molar-refractivity contribution in [2.75, 3.05) is 0 Å². The maximum Gasteiger partial charge on any atom is 0.126 e. The van der Waals surface area contributed by atoms with Crippen LogP contribution in [0.4, 0.5) is 8.78 Å². The molecule has 0 spiro atoms. The summed E-state index contributed by atoms with van der Waals surface area (Å²) >= 11 is 0. The standard InChI is InChI=1S/C11H12F2O/c1-2-3-10(14)7-8-6-9(12)4-5-11(8)13/h2,4-6,10,14H,1,3,7H2. The molecule has 1 N–H and O–H groups in total. The Morgan fingerprint density at radius 2 is 2.14 bits per heavy atom. The van der Waals surface area contributed by atoms with Gasteiger partial charge in [0.2, 0.25) is 0 Å². The Kier molecular flexibility index (Phi) is 3.77. The first kappa shape index (κ1) is 10.9. The van der Waals surface area contributed by atoms with E-state index >= 15 is 0 Å². The fourth-order valence-electron chi connectivity index (χ4n) is 1.23. The van der Waals surface area contributed by atoms with Gasteiger partial charge < -0.3 is 5.11 Å². The van der Waals surface area contributed by atoms with Crippen LogP contribution in [-0.4, -0.2) is 11.2 Å². The van der Waals surface area contributed by atoms with E-state index in [4.69, 9.17) is 0 Å². The van der Waals surface area contributed by atoms with E-state index in [1.807, 2.05) is 0 Å². The first-order valence-electron chi connectivity index (χ1n) is 4.36. The monoisotopic (exact) mass is 198 g/mol. The third-order valence-corrected chi connectivity index (χ3v) is 1.90. The lowest BCUT2D eigenvalue weighted by atomic mass is 10.1. The van der Waals surface area contributed by atoms with Crippen molar-refractivity contribution >= 4 is 0 Å². The normalized spacial score (nSPS) is 12.5. The molecule has 76 valence electrons. The number of hydrogen-bond donors (Lipinski definition) is 1. The number of hydrogen-bond acceptors (Lipinski definition) is 1. The molecule has 0 aliphatic rings. The molecule has 3 heteroatoms. The van der Waals surface area contributed by atoms with Gasteiger partial charge in [0.1, 0.15) is 11.6 Å². The second kappa shape index (κ2) is 4.86. The van der Waals surface area contributed by atoms with Crippen molar-refractivity contribution < 1.29 is 13.9 Å². The van der Waals surface area contributed by atoms with Crippen molar-refractivity contribution in [1.82, 2.24) is 0 Å². The zero-order chi connectivity index (χ0) is 10.6. The third kappa shape index (κ3) is 2.92. The molecule has 0 bridgehead atoms. The first-order chi connectivity index (χ1) is 6.63. The van der Waals surface area contributed by atoms with Gasteiger partial charge >= 0.3 is 0 Å². The zero-order valence-corrected chi connectivity index (χ0v) is 7.71. The summed E-state index contributed by atoms with van der Waals surface area (Å²) in [5.41, 5.74) is 0.194. The Hall–Kier alpha value is -1.22. The Labute approximate surface area is 81.7 Å². The molecule has 1 aromatic carbocycles. The van der Waals surface area contributed by atoms with Crippen LogP contribution < -0.4 is 0 Å². The fraction of sp³-hybridized carbons (Fsp3) is 0.273. The number of rotatable bonds is 4. The summed E-state index contributed by atoms with van der Waals surface area (Å²) < 4.78 is 25.8. The molecular formula is C11H12F2O. The minimum absolute atomic E-state index is 0.107. The van der Waals surface area contributed by atoms with Gasteiger partial charge in [-0.05, 0) is 30.2 Å². The van der Waals surface area contributed by atoms with Gasteiger partial charge in [-0.1, -0.05) is 6.08 Å². The lowest BCUT2D eigenvalue weighted by molar-refractivity contribution is 0.177. The van der Waals surface area contributed by atoms with Gasteiger partial charge in [-0.3, -0.25) is 0 Å². The zero-order valence-electron chi connectivity index (χ0n) is 7.71. The number of halogens is 2. The first-order valence-corrected chi connectivity index (χ1v) is 4.36. The van der Waals surface area contributed by atoms with Crippen molar-refractivity contribution in [2.24, 2.45) is 0 Å². The molecule has 0 amide bonds. The molecule has 1 aromatic rings. The van der Waals surface area contributed by atoms with Gasteiger partial charge in [-0.25, -0.2) is 8.78 Å². The van der Waals surface area contributed by atoms with Gasteiger partial charge in [0.15, 0.2) is 0 Å². The Morgan fingerprint density at radius 3 is 2.79 bits per heavy atom. The van der Waals surface area contributed by atoms with E-state index in [0.29, 0.717) is 6.42 Å². The molecule has 0 fully saturated rings. The largest absolute Gasteiger partial charge is 0.392 e. The van der Waals surface area contributed by atoms with E-state index in [1.54, 1.807) is 6.08 Å². The van der Waals surface area contributed by atoms with Gasteiger partial charge in [0.25, 0.3) is 0 Å². The molecule has 1 rings (SSSR count). The molecule has 1 atom stereocenters. The van der Waals surface area contributed by atoms with Crippen LogP contribution in [0.3, 0.4) is 0 Å². The number of benzene rings is 1. The molecule has 1 nitrogen and oxygen atoms in total. The average molecular weight is 198 g/mol. The predicted molar refractivity (Wildman–Crippen MR) is 50.9 cm³/mol. The van der Waals surface area contributed by atoms with E-state index in [1.165, 1.54) is 0 Å². The molecule has 14 heavy (non-hydrogen) atoms. The molecule has 0 saturated heterocycles. The molecule has 0 heterocycles. The fourth-order valence-corrected chi connectivity index (χ4v) is 1.23. The lowest BCUT2D eigenvalue weighted by Crippen LogP contribution is -2.10. The second-order valence-electron chi connectivity index (χ2n) is 3.12. The van der Waals surface area contributed by atoms with E-state index in [0.717, 1.165) is 18.2 Å². The van der Waals surface area contributed by atoms with Crippen molar-refractivity contribution in [3.63, 3.8) is 0 Å². The summed E-state index contributed by atoms with van der Waals surface area (Å²) in [6, 6.07) is 3.21. The van der Waals surface area contributed by atoms with Crippen molar-refractivity contribution in [3.8, 4) is 0 Å². The third-order valence-electron chi connectivity index (χ3n) is 1.90. The molecule has 0 saturated carbocycles. The van der Waals surface area contributed by atoms with Gasteiger partial charge in [0.05, 0.1) is 6.10 Å². The van der Waals surface area contributed by atoms with Crippen LogP contribution in [-0.2, 0) is 6.42 Å². The van der Waals surface area contributed by atoms with Gasteiger partial charge in [-0.15, -0.1) is 6.58 Å². The van der Waals surface area contributed by atoms with Crippen LogP contribution in [0.2, 0.25) is 0 Å². The second-order valence-corrected chi connectivity index (χ2v) is 3.12. The topological polar surface area (TPSA) is 20.2 Å². The Morgan fingerprint density at radius 1 is 1.43 bits per heavy atom. The minimum Gasteiger partial charge on any atom is -0.392 e. The Balaban J connectivity index is 2.74. The maximum atomic E-state index is 13.1. The smallest absolute Gasteiger partial charge is 0.126 e. The molecule has 0 radical (unpaired) electrons. The highest BCUT2D eigenvalue weighted by atomic mass is 19.1. The number of aliphatic hydroxyl groups excluding tert-OH is 1. The summed E-state index contributed by atoms with van der Waals surface area (Å²) in [4.78, 5) is 0. The van der Waals surface area contributed by atoms with Crippen molar-refractivity contribution in [3.05, 3.63) is 48.1 Å². The quantitative estimate of drug-likeness (QED) is 0.737. The van der Waals surface area contributed by atoms with Crippen LogP contribution in [0.15, 0.2) is 30.9 Å². The summed E-state index contributed by atoms with van der Waals surface area (Å²) in [7, 11) is 0. The van der Waals surface area contributed by atoms with E-state index in [2.05, 4.69) is 6.58 Å². The van der Waals surface area contributed by atoms with Gasteiger partial charge in [0, 0.05) is 6.42 Å². The van der Waals surface area contributed by atoms with Crippen LogP contribution >= 0.6 is 0 Å². The summed E-state index contributed by atoms with van der Waals surface area (Å²) in [6.45, 7) is 3.45. The molecule has 0 aliphatic heterocycles. The molecule has 0 aromatic heterocycles. The van der Waals surface area contributed by atoms with E-state index in [9.17, 15) is 13.9 Å². The Bertz CT molecular complexity index is 323. The van der Waals surface area contributed by atoms with Crippen LogP contribution in [0, 0.1) is 11.6 Å². The highest BCUT2D eigenvalue weighted by Gasteiger charge is 2.08. The highest BCUT2D eigenvalue weighted by molar-refractivity contribution is 5.19. The van der Waals surface area contributed by atoms with E-state index < -0.39 is 17.7 Å². The average Bonchev–Trinajstić information content (AvgIpc) is 2.12. The summed E-state index contributed by atoms with van der Waals surface area (Å²) in [5.74, 6) is -0.985. The van der Waals surface area contributed by atoms with Crippen LogP contribution in [0.1, 0.15) is 12.0 Å². The number of aliphatic hydroxyl groups is 1. The summed E-state index contributed by atoms with van der Waals surface area (Å²) in [6.07, 6.45) is 1.32. The highest BCUT2D eigenvalue weighted by Crippen LogP contribution is 2.13. The molecular weight excluding hydrogens is 186 g/mol. The maximum absolute atomic E-state index is 13.1. The van der Waals surface area contributed by atoms with Crippen molar-refractivity contribution in [2.45, 2.75) is 18.9 Å². The van der Waals surface area contributed by atoms with Crippen LogP contribution in [0.25, 0.3) is 0 Å². The summed E-state index contributed by atoms with van der Waals surface area (Å²) in [5, 5.41) is 9.36. The molecule has 0 aliphatic carbocycles. The van der Waals surface area contributed by atoms with Crippen molar-refractivity contribution in [1.29, 1.82) is 0 Å². The molecule has 1 unspecified atom stereocenters. The van der Waals surface area contributed by atoms with Crippen LogP contribution in [0.5, 0.6) is 0 Å². The lowest BCUT2D eigenvalue weighted by Gasteiger charge is -2.08.